The summed E-state index contributed by atoms with van der Waals surface area (Å²) in [6.45, 7) is 5.67. The molecule has 0 unspecified atom stereocenters. The fourth-order valence-electron chi connectivity index (χ4n) is 0.841. The molecular formula is C10H15F4NO3. The molecule has 0 rings (SSSR count). The summed E-state index contributed by atoms with van der Waals surface area (Å²) >= 11 is 0. The first kappa shape index (κ1) is 16.7. The highest BCUT2D eigenvalue weighted by Crippen LogP contribution is 2.23. The Bertz CT molecular complexity index is 326. The molecule has 0 radical (unpaired) electrons. The van der Waals surface area contributed by atoms with Crippen LogP contribution < -0.4 is 5.32 Å². The van der Waals surface area contributed by atoms with Crippen molar-refractivity contribution in [1.29, 1.82) is 0 Å². The van der Waals surface area contributed by atoms with Gasteiger partial charge in [-0.15, -0.1) is 0 Å². The molecule has 1 N–H and O–H groups in total. The lowest BCUT2D eigenvalue weighted by molar-refractivity contribution is -0.173. The minimum absolute atomic E-state index is 0.874. The Kier molecular flexibility index (Phi) is 5.12. The molecule has 0 bridgehead atoms. The fraction of sp³-hybridized carbons (Fsp3) is 0.800. The summed E-state index contributed by atoms with van der Waals surface area (Å²) in [6, 6.07) is -1.44. The van der Waals surface area contributed by atoms with Crippen molar-refractivity contribution in [2.24, 2.45) is 0 Å². The van der Waals surface area contributed by atoms with Crippen LogP contribution in [-0.4, -0.2) is 35.9 Å². The van der Waals surface area contributed by atoms with Crippen LogP contribution in [0.2, 0.25) is 0 Å². The van der Waals surface area contributed by atoms with Gasteiger partial charge in [-0.3, -0.25) is 4.79 Å². The van der Waals surface area contributed by atoms with Crippen molar-refractivity contribution in [1.82, 2.24) is 5.32 Å². The van der Waals surface area contributed by atoms with Crippen LogP contribution in [0, 0.1) is 0 Å². The summed E-state index contributed by atoms with van der Waals surface area (Å²) in [5.74, 6) is -8.03. The van der Waals surface area contributed by atoms with Crippen LogP contribution in [0.15, 0.2) is 0 Å². The molecule has 0 aliphatic heterocycles. The topological polar surface area (TPSA) is 55.4 Å². The zero-order chi connectivity index (χ0) is 14.7. The number of hydrogen-bond acceptors (Lipinski definition) is 3. The van der Waals surface area contributed by atoms with E-state index in [1.165, 1.54) is 26.1 Å². The van der Waals surface area contributed by atoms with E-state index >= 15 is 0 Å². The molecule has 1 amide bonds. The highest BCUT2D eigenvalue weighted by atomic mass is 19.3. The Balaban J connectivity index is 4.54. The Morgan fingerprint density at radius 3 is 1.94 bits per heavy atom. The summed E-state index contributed by atoms with van der Waals surface area (Å²) in [7, 11) is 0. The van der Waals surface area contributed by atoms with Crippen molar-refractivity contribution >= 4 is 11.9 Å². The highest BCUT2D eigenvalue weighted by molar-refractivity contribution is 5.88. The lowest BCUT2D eigenvalue weighted by Gasteiger charge is -2.23. The SMILES string of the molecule is C[C@H](NC(=O)C(F)(F)C(F)F)C(=O)OC(C)(C)C. The van der Waals surface area contributed by atoms with Gasteiger partial charge in [-0.25, -0.2) is 13.6 Å². The number of alkyl halides is 4. The Hall–Kier alpha value is -1.34. The van der Waals surface area contributed by atoms with Gasteiger partial charge in [0.25, 0.3) is 5.91 Å². The van der Waals surface area contributed by atoms with E-state index in [1.807, 2.05) is 0 Å². The number of halogens is 4. The number of rotatable bonds is 4. The van der Waals surface area contributed by atoms with Crippen molar-refractivity contribution in [2.45, 2.75) is 51.7 Å². The van der Waals surface area contributed by atoms with E-state index in [9.17, 15) is 27.2 Å². The van der Waals surface area contributed by atoms with Gasteiger partial charge >= 0.3 is 18.3 Å². The van der Waals surface area contributed by atoms with Gasteiger partial charge < -0.3 is 10.1 Å². The van der Waals surface area contributed by atoms with Gasteiger partial charge in [-0.1, -0.05) is 0 Å². The van der Waals surface area contributed by atoms with Gasteiger partial charge in [0, 0.05) is 0 Å². The molecule has 0 aromatic carbocycles. The van der Waals surface area contributed by atoms with Crippen LogP contribution in [-0.2, 0) is 14.3 Å². The van der Waals surface area contributed by atoms with Gasteiger partial charge in [0.05, 0.1) is 0 Å². The zero-order valence-corrected chi connectivity index (χ0v) is 10.4. The normalized spacial score (nSPS) is 14.3. The quantitative estimate of drug-likeness (QED) is 0.627. The van der Waals surface area contributed by atoms with Gasteiger partial charge in [0.1, 0.15) is 11.6 Å². The minimum Gasteiger partial charge on any atom is -0.458 e. The maximum absolute atomic E-state index is 12.6. The maximum atomic E-state index is 12.6. The van der Waals surface area contributed by atoms with E-state index in [0.29, 0.717) is 0 Å². The molecule has 0 spiro atoms. The molecule has 1 atom stereocenters. The van der Waals surface area contributed by atoms with Crippen molar-refractivity contribution in [3.63, 3.8) is 0 Å². The molecule has 0 heterocycles. The first-order valence-corrected chi connectivity index (χ1v) is 5.07. The van der Waals surface area contributed by atoms with E-state index in [1.54, 1.807) is 0 Å². The molecule has 0 aliphatic carbocycles. The number of amides is 1. The summed E-state index contributed by atoms with van der Waals surface area (Å²) in [5, 5.41) is 1.48. The Morgan fingerprint density at radius 1 is 1.17 bits per heavy atom. The number of nitrogens with one attached hydrogen (secondary N) is 1. The lowest BCUT2D eigenvalue weighted by atomic mass is 10.2. The molecule has 4 nitrogen and oxygen atoms in total. The van der Waals surface area contributed by atoms with E-state index in [0.717, 1.165) is 6.92 Å². The molecule has 0 aliphatic rings. The predicted octanol–water partition coefficient (Wildman–Crippen LogP) is 1.73. The van der Waals surface area contributed by atoms with E-state index in [2.05, 4.69) is 0 Å². The molecule has 106 valence electrons. The van der Waals surface area contributed by atoms with Gasteiger partial charge in [0.15, 0.2) is 0 Å². The lowest BCUT2D eigenvalue weighted by Crippen LogP contribution is -2.51. The minimum atomic E-state index is -4.84. The molecule has 8 heteroatoms. The van der Waals surface area contributed by atoms with Crippen molar-refractivity contribution < 1.29 is 31.9 Å². The van der Waals surface area contributed by atoms with Crippen LogP contribution in [0.1, 0.15) is 27.7 Å². The third kappa shape index (κ3) is 4.89. The number of carbonyl (C=O) groups excluding carboxylic acids is 2. The molecule has 0 saturated heterocycles. The van der Waals surface area contributed by atoms with Gasteiger partial charge in [-0.05, 0) is 27.7 Å². The average molecular weight is 273 g/mol. The second-order valence-corrected chi connectivity index (χ2v) is 4.65. The summed E-state index contributed by atoms with van der Waals surface area (Å²) in [4.78, 5) is 22.2. The van der Waals surface area contributed by atoms with Crippen molar-refractivity contribution in [2.75, 3.05) is 0 Å². The maximum Gasteiger partial charge on any atom is 0.383 e. The molecule has 0 aromatic heterocycles. The number of esters is 1. The summed E-state index contributed by atoms with van der Waals surface area (Å²) < 4.78 is 53.7. The van der Waals surface area contributed by atoms with E-state index in [-0.39, 0.29) is 0 Å². The zero-order valence-electron chi connectivity index (χ0n) is 10.4. The van der Waals surface area contributed by atoms with Crippen molar-refractivity contribution in [3.05, 3.63) is 0 Å². The molecule has 18 heavy (non-hydrogen) atoms. The Morgan fingerprint density at radius 2 is 1.61 bits per heavy atom. The summed E-state index contributed by atoms with van der Waals surface area (Å²) in [6.07, 6.45) is -4.14. The van der Waals surface area contributed by atoms with Crippen molar-refractivity contribution in [3.8, 4) is 0 Å². The third-order valence-electron chi connectivity index (χ3n) is 1.68. The molecular weight excluding hydrogens is 258 g/mol. The van der Waals surface area contributed by atoms with Gasteiger partial charge in [0.2, 0.25) is 0 Å². The smallest absolute Gasteiger partial charge is 0.383 e. The number of carbonyl (C=O) groups is 2. The van der Waals surface area contributed by atoms with E-state index < -0.39 is 35.9 Å². The van der Waals surface area contributed by atoms with Crippen LogP contribution >= 0.6 is 0 Å². The first-order valence-electron chi connectivity index (χ1n) is 5.07. The van der Waals surface area contributed by atoms with Crippen LogP contribution in [0.25, 0.3) is 0 Å². The average Bonchev–Trinajstić information content (AvgIpc) is 2.14. The number of ether oxygens (including phenoxy) is 1. The second-order valence-electron chi connectivity index (χ2n) is 4.65. The Labute approximate surface area is 102 Å². The monoisotopic (exact) mass is 273 g/mol. The molecule has 0 fully saturated rings. The fourth-order valence-corrected chi connectivity index (χ4v) is 0.841. The first-order chi connectivity index (χ1) is 7.88. The van der Waals surface area contributed by atoms with Gasteiger partial charge in [-0.2, -0.15) is 8.78 Å². The molecule has 0 aromatic rings. The van der Waals surface area contributed by atoms with Crippen LogP contribution in [0.3, 0.4) is 0 Å². The van der Waals surface area contributed by atoms with E-state index in [4.69, 9.17) is 4.74 Å². The highest BCUT2D eigenvalue weighted by Gasteiger charge is 2.49. The second kappa shape index (κ2) is 5.53. The largest absolute Gasteiger partial charge is 0.458 e. The predicted molar refractivity (Wildman–Crippen MR) is 54.4 cm³/mol. The van der Waals surface area contributed by atoms with Crippen LogP contribution in [0.4, 0.5) is 17.6 Å². The molecule has 0 saturated carbocycles. The van der Waals surface area contributed by atoms with Crippen LogP contribution in [0.5, 0.6) is 0 Å². The standard InChI is InChI=1S/C10H15F4NO3/c1-5(6(16)18-9(2,3)4)15-8(17)10(13,14)7(11)12/h5,7H,1-4H3,(H,15,17)/t5-/m0/s1. The summed E-state index contributed by atoms with van der Waals surface area (Å²) in [5.41, 5.74) is -0.874. The third-order valence-corrected chi connectivity index (χ3v) is 1.68. The number of hydrogen-bond donors (Lipinski definition) is 1.